The van der Waals surface area contributed by atoms with E-state index < -0.39 is 5.97 Å². The highest BCUT2D eigenvalue weighted by Gasteiger charge is 2.10. The van der Waals surface area contributed by atoms with Crippen molar-refractivity contribution in [1.82, 2.24) is 15.2 Å². The van der Waals surface area contributed by atoms with Gasteiger partial charge in [0.05, 0.1) is 13.5 Å². The maximum absolute atomic E-state index is 11.7. The largest absolute Gasteiger partial charge is 0.481 e. The molecule has 20 heavy (non-hydrogen) atoms. The van der Waals surface area contributed by atoms with Crippen molar-refractivity contribution in [2.75, 3.05) is 20.7 Å². The number of amides is 2. The fourth-order valence-electron chi connectivity index (χ4n) is 1.39. The first kappa shape index (κ1) is 16.0. The van der Waals surface area contributed by atoms with Crippen molar-refractivity contribution >= 4 is 23.6 Å². The molecule has 0 spiro atoms. The molecule has 0 atom stereocenters. The number of rotatable bonds is 6. The van der Waals surface area contributed by atoms with E-state index in [-0.39, 0.29) is 25.5 Å². The number of carboxylic acids is 1. The maximum Gasteiger partial charge on any atom is 0.317 e. The van der Waals surface area contributed by atoms with E-state index in [0.717, 1.165) is 5.56 Å². The Morgan fingerprint density at radius 2 is 2.25 bits per heavy atom. The summed E-state index contributed by atoms with van der Waals surface area (Å²) in [6, 6.07) is 1.28. The van der Waals surface area contributed by atoms with Crippen molar-refractivity contribution in [3.05, 3.63) is 22.8 Å². The normalized spacial score (nSPS) is 9.95. The Morgan fingerprint density at radius 3 is 2.80 bits per heavy atom. The molecule has 0 unspecified atom stereocenters. The minimum atomic E-state index is -0.948. The molecule has 7 nitrogen and oxygen atoms in total. The highest BCUT2D eigenvalue weighted by molar-refractivity contribution is 6.31. The monoisotopic (exact) mass is 301 g/mol. The highest BCUT2D eigenvalue weighted by atomic mass is 35.5. The van der Waals surface area contributed by atoms with Gasteiger partial charge in [0.2, 0.25) is 5.88 Å². The van der Waals surface area contributed by atoms with E-state index in [1.165, 1.54) is 19.1 Å². The second-order valence-corrected chi connectivity index (χ2v) is 4.47. The summed E-state index contributed by atoms with van der Waals surface area (Å²) in [7, 11) is 2.99. The van der Waals surface area contributed by atoms with Gasteiger partial charge in [0.1, 0.15) is 5.02 Å². The number of halogens is 1. The summed E-state index contributed by atoms with van der Waals surface area (Å²) < 4.78 is 4.92. The first-order valence-corrected chi connectivity index (χ1v) is 6.21. The number of aromatic nitrogens is 1. The van der Waals surface area contributed by atoms with E-state index in [0.29, 0.717) is 10.9 Å². The van der Waals surface area contributed by atoms with Gasteiger partial charge in [0, 0.05) is 26.3 Å². The van der Waals surface area contributed by atoms with Crippen LogP contribution in [-0.2, 0) is 11.3 Å². The predicted molar refractivity (Wildman–Crippen MR) is 72.9 cm³/mol. The first-order chi connectivity index (χ1) is 9.43. The third kappa shape index (κ3) is 4.93. The number of carboxylic acid groups (broad SMARTS) is 1. The molecule has 0 aliphatic rings. The molecule has 1 aromatic heterocycles. The topological polar surface area (TPSA) is 91.8 Å². The van der Waals surface area contributed by atoms with Crippen molar-refractivity contribution in [3.63, 3.8) is 0 Å². The molecule has 8 heteroatoms. The zero-order valence-electron chi connectivity index (χ0n) is 11.2. The molecule has 1 aromatic rings. The average Bonchev–Trinajstić information content (AvgIpc) is 2.42. The molecule has 1 heterocycles. The lowest BCUT2D eigenvalue weighted by atomic mass is 10.3. The van der Waals surface area contributed by atoms with Crippen LogP contribution < -0.4 is 10.1 Å². The van der Waals surface area contributed by atoms with Crippen molar-refractivity contribution in [1.29, 1.82) is 0 Å². The fraction of sp³-hybridized carbons (Fsp3) is 0.417. The van der Waals surface area contributed by atoms with Gasteiger partial charge in [-0.15, -0.1) is 0 Å². The molecule has 1 rings (SSSR count). The van der Waals surface area contributed by atoms with Crippen LogP contribution >= 0.6 is 11.6 Å². The van der Waals surface area contributed by atoms with Crippen molar-refractivity contribution in [2.24, 2.45) is 0 Å². The lowest BCUT2D eigenvalue weighted by Crippen LogP contribution is -2.38. The summed E-state index contributed by atoms with van der Waals surface area (Å²) in [5, 5.41) is 11.5. The molecule has 0 saturated carbocycles. The zero-order valence-corrected chi connectivity index (χ0v) is 12.0. The SMILES string of the molecule is COc1ncc(CNC(=O)N(C)CCC(=O)O)cc1Cl. The lowest BCUT2D eigenvalue weighted by molar-refractivity contribution is -0.137. The smallest absolute Gasteiger partial charge is 0.317 e. The van der Waals surface area contributed by atoms with Gasteiger partial charge in [-0.2, -0.15) is 0 Å². The molecule has 0 saturated heterocycles. The van der Waals surface area contributed by atoms with Crippen LogP contribution in [0.15, 0.2) is 12.3 Å². The summed E-state index contributed by atoms with van der Waals surface area (Å²) in [4.78, 5) is 27.4. The molecule has 0 radical (unpaired) electrons. The van der Waals surface area contributed by atoms with E-state index in [9.17, 15) is 9.59 Å². The number of methoxy groups -OCH3 is 1. The molecular formula is C12H16ClN3O4. The second-order valence-electron chi connectivity index (χ2n) is 4.06. The van der Waals surface area contributed by atoms with Crippen LogP contribution in [0.3, 0.4) is 0 Å². The van der Waals surface area contributed by atoms with Crippen molar-refractivity contribution < 1.29 is 19.4 Å². The van der Waals surface area contributed by atoms with Crippen LogP contribution in [0.4, 0.5) is 4.79 Å². The number of hydrogen-bond donors (Lipinski definition) is 2. The van der Waals surface area contributed by atoms with Crippen LogP contribution in [-0.4, -0.2) is 47.7 Å². The summed E-state index contributed by atoms with van der Waals surface area (Å²) in [6.45, 7) is 0.385. The fourth-order valence-corrected chi connectivity index (χ4v) is 1.66. The Morgan fingerprint density at radius 1 is 1.55 bits per heavy atom. The Kier molecular flexibility index (Phi) is 6.05. The summed E-state index contributed by atoms with van der Waals surface area (Å²) in [5.74, 6) is -0.629. The van der Waals surface area contributed by atoms with Crippen LogP contribution in [0.2, 0.25) is 5.02 Å². The Hall–Kier alpha value is -2.02. The van der Waals surface area contributed by atoms with E-state index in [2.05, 4.69) is 10.3 Å². The van der Waals surface area contributed by atoms with Gasteiger partial charge in [0.15, 0.2) is 0 Å². The van der Waals surface area contributed by atoms with Crippen LogP contribution in [0, 0.1) is 0 Å². The third-order valence-corrected chi connectivity index (χ3v) is 2.78. The average molecular weight is 302 g/mol. The van der Waals surface area contributed by atoms with Crippen LogP contribution in [0.5, 0.6) is 5.88 Å². The van der Waals surface area contributed by atoms with Crippen molar-refractivity contribution in [2.45, 2.75) is 13.0 Å². The van der Waals surface area contributed by atoms with E-state index in [1.54, 1.807) is 12.3 Å². The van der Waals surface area contributed by atoms with Gasteiger partial charge in [-0.1, -0.05) is 11.6 Å². The maximum atomic E-state index is 11.7. The van der Waals surface area contributed by atoms with Crippen molar-refractivity contribution in [3.8, 4) is 5.88 Å². The second kappa shape index (κ2) is 7.54. The number of nitrogens with zero attached hydrogens (tertiary/aromatic N) is 2. The number of ether oxygens (including phenoxy) is 1. The van der Waals surface area contributed by atoms with Crippen LogP contribution in [0.1, 0.15) is 12.0 Å². The predicted octanol–water partition coefficient (Wildman–Crippen LogP) is 1.36. The summed E-state index contributed by atoms with van der Waals surface area (Å²) >= 11 is 5.92. The first-order valence-electron chi connectivity index (χ1n) is 5.83. The molecule has 110 valence electrons. The zero-order chi connectivity index (χ0) is 15.1. The number of pyridine rings is 1. The quantitative estimate of drug-likeness (QED) is 0.827. The Bertz CT molecular complexity index is 496. The standard InChI is InChI=1S/C12H16ClN3O4/c1-16(4-3-10(17)18)12(19)15-7-8-5-9(13)11(20-2)14-6-8/h5-6H,3-4,7H2,1-2H3,(H,15,19)(H,17,18). The van der Waals surface area contributed by atoms with E-state index >= 15 is 0 Å². The number of carbonyl (C=O) groups excluding carboxylic acids is 1. The van der Waals surface area contributed by atoms with E-state index in [1.807, 2.05) is 0 Å². The molecule has 0 aliphatic heterocycles. The summed E-state index contributed by atoms with van der Waals surface area (Å²) in [6.07, 6.45) is 1.45. The molecule has 0 bridgehead atoms. The van der Waals surface area contributed by atoms with Gasteiger partial charge >= 0.3 is 12.0 Å². The van der Waals surface area contributed by atoms with E-state index in [4.69, 9.17) is 21.4 Å². The van der Waals surface area contributed by atoms with Gasteiger partial charge < -0.3 is 20.1 Å². The molecular weight excluding hydrogens is 286 g/mol. The molecule has 0 fully saturated rings. The van der Waals surface area contributed by atoms with Gasteiger partial charge in [-0.25, -0.2) is 9.78 Å². The molecule has 0 aliphatic carbocycles. The Balaban J connectivity index is 2.48. The number of hydrogen-bond acceptors (Lipinski definition) is 4. The third-order valence-electron chi connectivity index (χ3n) is 2.51. The molecule has 2 amide bonds. The molecule has 2 N–H and O–H groups in total. The molecule has 0 aromatic carbocycles. The highest BCUT2D eigenvalue weighted by Crippen LogP contribution is 2.21. The van der Waals surface area contributed by atoms with Gasteiger partial charge in [-0.05, 0) is 11.6 Å². The number of nitrogens with one attached hydrogen (secondary N) is 1. The number of aliphatic carboxylic acids is 1. The number of carbonyl (C=O) groups is 2. The Labute approximate surface area is 121 Å². The van der Waals surface area contributed by atoms with Gasteiger partial charge in [-0.3, -0.25) is 4.79 Å². The number of urea groups is 1. The van der Waals surface area contributed by atoms with Gasteiger partial charge in [0.25, 0.3) is 0 Å². The lowest BCUT2D eigenvalue weighted by Gasteiger charge is -2.17. The minimum Gasteiger partial charge on any atom is -0.481 e. The van der Waals surface area contributed by atoms with Crippen LogP contribution in [0.25, 0.3) is 0 Å². The summed E-state index contributed by atoms with van der Waals surface area (Å²) in [5.41, 5.74) is 0.718. The minimum absolute atomic E-state index is 0.0974.